The lowest BCUT2D eigenvalue weighted by molar-refractivity contribution is 0.123. The van der Waals surface area contributed by atoms with Crippen molar-refractivity contribution in [2.24, 2.45) is 0 Å². The van der Waals surface area contributed by atoms with Crippen LogP contribution in [0.5, 0.6) is 0 Å². The predicted molar refractivity (Wildman–Crippen MR) is 94.2 cm³/mol. The molecule has 10 heteroatoms. The van der Waals surface area contributed by atoms with Crippen LogP contribution in [-0.4, -0.2) is 67.5 Å². The third kappa shape index (κ3) is 5.73. The highest BCUT2D eigenvalue weighted by Crippen LogP contribution is 2.18. The second-order valence-electron chi connectivity index (χ2n) is 6.11. The Balaban J connectivity index is 3.21. The zero-order valence-corrected chi connectivity index (χ0v) is 16.0. The molecule has 0 atom stereocenters. The van der Waals surface area contributed by atoms with Gasteiger partial charge in [0.15, 0.2) is 0 Å². The largest absolute Gasteiger partial charge is 0.446 e. The first-order valence-electron chi connectivity index (χ1n) is 7.85. The molecule has 0 saturated heterocycles. The van der Waals surface area contributed by atoms with Gasteiger partial charge in [-0.15, -0.1) is 0 Å². The van der Waals surface area contributed by atoms with E-state index in [1.165, 1.54) is 14.1 Å². The van der Waals surface area contributed by atoms with Gasteiger partial charge in [0.1, 0.15) is 0 Å². The van der Waals surface area contributed by atoms with Crippen molar-refractivity contribution in [1.82, 2.24) is 15.0 Å². The van der Waals surface area contributed by atoms with Crippen LogP contribution in [0, 0.1) is 0 Å². The molecule has 0 aliphatic carbocycles. The molecule has 10 nitrogen and oxygen atoms in total. The fraction of sp³-hybridized carbons (Fsp3) is 0.667. The van der Waals surface area contributed by atoms with Crippen molar-refractivity contribution in [3.05, 3.63) is 0 Å². The first-order chi connectivity index (χ1) is 11.5. The van der Waals surface area contributed by atoms with Crippen LogP contribution < -0.4 is 14.7 Å². The molecule has 0 saturated carbocycles. The summed E-state index contributed by atoms with van der Waals surface area (Å²) in [7, 11) is 6.44. The number of nitrogens with zero attached hydrogens (tertiary/aromatic N) is 6. The molecule has 0 aliphatic rings. The van der Waals surface area contributed by atoms with Gasteiger partial charge in [0.05, 0.1) is 12.2 Å². The maximum absolute atomic E-state index is 12.1. The van der Waals surface area contributed by atoms with Gasteiger partial charge in [-0.05, 0) is 27.7 Å². The van der Waals surface area contributed by atoms with E-state index in [1.807, 2.05) is 0 Å². The van der Waals surface area contributed by atoms with Gasteiger partial charge in [-0.2, -0.15) is 15.0 Å². The van der Waals surface area contributed by atoms with Gasteiger partial charge >= 0.3 is 12.2 Å². The van der Waals surface area contributed by atoms with Gasteiger partial charge in [0.25, 0.3) is 0 Å². The molecule has 1 aromatic rings. The van der Waals surface area contributed by atoms with Crippen molar-refractivity contribution in [1.29, 1.82) is 0 Å². The summed E-state index contributed by atoms with van der Waals surface area (Å²) in [5.74, 6) is 0.403. The van der Waals surface area contributed by atoms with Gasteiger partial charge in [0, 0.05) is 28.2 Å². The highest BCUT2D eigenvalue weighted by atomic mass is 16.6. The molecular formula is C15H26N6O4. The molecule has 0 aromatic carbocycles. The molecule has 140 valence electrons. The predicted octanol–water partition coefficient (Wildman–Crippen LogP) is 1.90. The van der Waals surface area contributed by atoms with E-state index >= 15 is 0 Å². The van der Waals surface area contributed by atoms with E-state index in [9.17, 15) is 9.59 Å². The SMILES string of the molecule is CC(C)OC(=O)N(C)c1nc(N(C)C)nc(N(C)C(=O)OC(C)C)n1. The van der Waals surface area contributed by atoms with Crippen LogP contribution in [0.1, 0.15) is 27.7 Å². The van der Waals surface area contributed by atoms with E-state index in [-0.39, 0.29) is 30.1 Å². The molecule has 0 bridgehead atoms. The Hall–Kier alpha value is -2.65. The zero-order valence-electron chi connectivity index (χ0n) is 16.0. The van der Waals surface area contributed by atoms with Crippen LogP contribution in [-0.2, 0) is 9.47 Å². The fourth-order valence-corrected chi connectivity index (χ4v) is 1.57. The first-order valence-corrected chi connectivity index (χ1v) is 7.85. The number of rotatable bonds is 5. The molecule has 1 rings (SSSR count). The first kappa shape index (κ1) is 20.4. The molecule has 0 aliphatic heterocycles. The number of hydrogen-bond acceptors (Lipinski definition) is 8. The normalized spacial score (nSPS) is 10.6. The lowest BCUT2D eigenvalue weighted by Gasteiger charge is -2.22. The van der Waals surface area contributed by atoms with Crippen molar-refractivity contribution in [2.45, 2.75) is 39.9 Å². The molecule has 0 radical (unpaired) electrons. The fourth-order valence-electron chi connectivity index (χ4n) is 1.57. The highest BCUT2D eigenvalue weighted by molar-refractivity contribution is 5.87. The minimum Gasteiger partial charge on any atom is -0.446 e. The Bertz CT molecular complexity index is 574. The van der Waals surface area contributed by atoms with Gasteiger partial charge in [-0.1, -0.05) is 0 Å². The van der Waals surface area contributed by atoms with Crippen LogP contribution in [0.15, 0.2) is 0 Å². The Morgan fingerprint density at radius 2 is 1.04 bits per heavy atom. The second-order valence-corrected chi connectivity index (χ2v) is 6.11. The smallest absolute Gasteiger partial charge is 0.416 e. The second kappa shape index (κ2) is 8.45. The van der Waals surface area contributed by atoms with Crippen LogP contribution in [0.2, 0.25) is 0 Å². The average Bonchev–Trinajstić information content (AvgIpc) is 2.51. The number of carbonyl (C=O) groups excluding carboxylic acids is 2. The molecule has 1 heterocycles. The van der Waals surface area contributed by atoms with Gasteiger partial charge in [-0.25, -0.2) is 19.4 Å². The molecule has 0 unspecified atom stereocenters. The van der Waals surface area contributed by atoms with Crippen LogP contribution in [0.4, 0.5) is 27.4 Å². The van der Waals surface area contributed by atoms with Crippen LogP contribution in [0.3, 0.4) is 0 Å². The summed E-state index contributed by atoms with van der Waals surface area (Å²) >= 11 is 0. The van der Waals surface area contributed by atoms with Crippen molar-refractivity contribution >= 4 is 30.0 Å². The Labute approximate surface area is 147 Å². The van der Waals surface area contributed by atoms with Crippen LogP contribution >= 0.6 is 0 Å². The standard InChI is InChI=1S/C15H26N6O4/c1-9(2)24-14(22)20(7)12-16-11(19(5)6)17-13(18-12)21(8)15(23)25-10(3)4/h9-10H,1-8H3. The van der Waals surface area contributed by atoms with Crippen molar-refractivity contribution < 1.29 is 19.1 Å². The van der Waals surface area contributed by atoms with E-state index < -0.39 is 12.2 Å². The lowest BCUT2D eigenvalue weighted by Crippen LogP contribution is -2.34. The highest BCUT2D eigenvalue weighted by Gasteiger charge is 2.23. The summed E-state index contributed by atoms with van der Waals surface area (Å²) in [5.41, 5.74) is 0. The monoisotopic (exact) mass is 354 g/mol. The zero-order chi connectivity index (χ0) is 19.3. The van der Waals surface area contributed by atoms with E-state index in [0.29, 0.717) is 0 Å². The topological polar surface area (TPSA) is 101 Å². The third-order valence-corrected chi connectivity index (χ3v) is 2.82. The number of anilines is 3. The van der Waals surface area contributed by atoms with E-state index in [4.69, 9.17) is 9.47 Å². The summed E-state index contributed by atoms with van der Waals surface area (Å²) < 4.78 is 10.3. The molecule has 0 spiro atoms. The summed E-state index contributed by atoms with van der Waals surface area (Å²) in [4.78, 5) is 40.7. The minimum absolute atomic E-state index is 0.0588. The molecule has 2 amide bonds. The van der Waals surface area contributed by atoms with E-state index in [2.05, 4.69) is 15.0 Å². The Morgan fingerprint density at radius 1 is 0.720 bits per heavy atom. The average molecular weight is 354 g/mol. The summed E-state index contributed by atoms with van der Waals surface area (Å²) in [6.45, 7) is 6.97. The van der Waals surface area contributed by atoms with E-state index in [0.717, 1.165) is 9.80 Å². The summed E-state index contributed by atoms with van der Waals surface area (Å²) in [6, 6.07) is 0. The van der Waals surface area contributed by atoms with Crippen molar-refractivity contribution in [3.8, 4) is 0 Å². The number of carbonyl (C=O) groups is 2. The summed E-state index contributed by atoms with van der Waals surface area (Å²) in [6.07, 6.45) is -1.78. The van der Waals surface area contributed by atoms with Crippen molar-refractivity contribution in [2.75, 3.05) is 42.9 Å². The minimum atomic E-state index is -0.607. The molecule has 25 heavy (non-hydrogen) atoms. The van der Waals surface area contributed by atoms with Crippen molar-refractivity contribution in [3.63, 3.8) is 0 Å². The maximum atomic E-state index is 12.1. The van der Waals surface area contributed by atoms with Gasteiger partial charge < -0.3 is 14.4 Å². The lowest BCUT2D eigenvalue weighted by atomic mass is 10.5. The number of amides is 2. The molecule has 0 fully saturated rings. The number of ether oxygens (including phenoxy) is 2. The van der Waals surface area contributed by atoms with Gasteiger partial charge in [-0.3, -0.25) is 0 Å². The quantitative estimate of drug-likeness (QED) is 0.790. The van der Waals surface area contributed by atoms with E-state index in [1.54, 1.807) is 46.7 Å². The maximum Gasteiger partial charge on any atom is 0.416 e. The van der Waals surface area contributed by atoms with Gasteiger partial charge in [0.2, 0.25) is 17.8 Å². The molecule has 0 N–H and O–H groups in total. The Kier molecular flexibility index (Phi) is 6.89. The summed E-state index contributed by atoms with van der Waals surface area (Å²) in [5, 5.41) is 0. The molecule has 1 aromatic heterocycles. The third-order valence-electron chi connectivity index (χ3n) is 2.82. The van der Waals surface area contributed by atoms with Crippen LogP contribution in [0.25, 0.3) is 0 Å². The number of aromatic nitrogens is 3. The Morgan fingerprint density at radius 3 is 1.32 bits per heavy atom. The number of hydrogen-bond donors (Lipinski definition) is 0. The molecular weight excluding hydrogens is 328 g/mol.